The predicted octanol–water partition coefficient (Wildman–Crippen LogP) is 2.73. The van der Waals surface area contributed by atoms with Crippen molar-refractivity contribution in [2.75, 3.05) is 19.6 Å². The van der Waals surface area contributed by atoms with E-state index in [0.717, 1.165) is 31.1 Å². The van der Waals surface area contributed by atoms with Crippen molar-refractivity contribution in [1.82, 2.24) is 10.2 Å². The van der Waals surface area contributed by atoms with Gasteiger partial charge in [0.2, 0.25) is 5.91 Å². The molecule has 0 aliphatic carbocycles. The molecule has 0 spiro atoms. The van der Waals surface area contributed by atoms with Crippen molar-refractivity contribution >= 4 is 17.5 Å². The fourth-order valence-electron chi connectivity index (χ4n) is 2.86. The Morgan fingerprint density at radius 2 is 2.20 bits per heavy atom. The van der Waals surface area contributed by atoms with Crippen LogP contribution in [0.4, 0.5) is 0 Å². The molecule has 1 heterocycles. The van der Waals surface area contributed by atoms with Gasteiger partial charge in [0.1, 0.15) is 0 Å². The molecule has 2 unspecified atom stereocenters. The van der Waals surface area contributed by atoms with Gasteiger partial charge in [-0.15, -0.1) is 0 Å². The van der Waals surface area contributed by atoms with Crippen LogP contribution in [0.3, 0.4) is 0 Å². The standard InChI is InChI=1S/C16H23ClN2O/c1-3-19(11-13-9-16(20)18-10-13)12(2)8-14-6-4-5-7-15(14)17/h4-7,12-13H,3,8-11H2,1-2H3,(H,18,20). The van der Waals surface area contributed by atoms with Gasteiger partial charge in [-0.1, -0.05) is 36.7 Å². The van der Waals surface area contributed by atoms with E-state index in [1.165, 1.54) is 5.56 Å². The lowest BCUT2D eigenvalue weighted by atomic mass is 10.0. The normalized spacial score (nSPS) is 20.2. The van der Waals surface area contributed by atoms with Gasteiger partial charge in [-0.2, -0.15) is 0 Å². The average molecular weight is 295 g/mol. The van der Waals surface area contributed by atoms with Crippen LogP contribution in [0.15, 0.2) is 24.3 Å². The molecular formula is C16H23ClN2O. The van der Waals surface area contributed by atoms with Crippen molar-refractivity contribution < 1.29 is 4.79 Å². The molecule has 4 heteroatoms. The van der Waals surface area contributed by atoms with Crippen LogP contribution < -0.4 is 5.32 Å². The molecule has 1 aromatic rings. The van der Waals surface area contributed by atoms with E-state index in [4.69, 9.17) is 11.6 Å². The van der Waals surface area contributed by atoms with Gasteiger partial charge < -0.3 is 10.2 Å². The quantitative estimate of drug-likeness (QED) is 0.875. The maximum Gasteiger partial charge on any atom is 0.220 e. The van der Waals surface area contributed by atoms with E-state index in [1.807, 2.05) is 18.2 Å². The number of hydrogen-bond acceptors (Lipinski definition) is 2. The van der Waals surface area contributed by atoms with Crippen LogP contribution in [0.5, 0.6) is 0 Å². The van der Waals surface area contributed by atoms with E-state index in [1.54, 1.807) is 0 Å². The first-order valence-electron chi connectivity index (χ1n) is 7.34. The molecule has 2 atom stereocenters. The molecule has 0 radical (unpaired) electrons. The number of likely N-dealkylation sites (N-methyl/N-ethyl adjacent to an activating group) is 1. The second-order valence-electron chi connectivity index (χ2n) is 5.61. The second-order valence-corrected chi connectivity index (χ2v) is 6.01. The van der Waals surface area contributed by atoms with Gasteiger partial charge in [-0.3, -0.25) is 4.79 Å². The number of carbonyl (C=O) groups excluding carboxylic acids is 1. The largest absolute Gasteiger partial charge is 0.356 e. The van der Waals surface area contributed by atoms with Crippen molar-refractivity contribution in [2.45, 2.75) is 32.7 Å². The van der Waals surface area contributed by atoms with Crippen LogP contribution in [0.25, 0.3) is 0 Å². The van der Waals surface area contributed by atoms with Crippen molar-refractivity contribution in [3.63, 3.8) is 0 Å². The monoisotopic (exact) mass is 294 g/mol. The molecule has 1 aliphatic rings. The Balaban J connectivity index is 1.93. The zero-order chi connectivity index (χ0) is 14.5. The lowest BCUT2D eigenvalue weighted by Crippen LogP contribution is -2.38. The lowest BCUT2D eigenvalue weighted by Gasteiger charge is -2.30. The third-order valence-corrected chi connectivity index (χ3v) is 4.43. The van der Waals surface area contributed by atoms with E-state index in [9.17, 15) is 4.79 Å². The van der Waals surface area contributed by atoms with Crippen LogP contribution in [-0.2, 0) is 11.2 Å². The summed E-state index contributed by atoms with van der Waals surface area (Å²) in [6, 6.07) is 8.45. The average Bonchev–Trinajstić information content (AvgIpc) is 2.84. The number of amides is 1. The van der Waals surface area contributed by atoms with E-state index < -0.39 is 0 Å². The number of nitrogens with zero attached hydrogens (tertiary/aromatic N) is 1. The van der Waals surface area contributed by atoms with Crippen molar-refractivity contribution in [1.29, 1.82) is 0 Å². The number of carbonyl (C=O) groups is 1. The fraction of sp³-hybridized carbons (Fsp3) is 0.562. The zero-order valence-electron chi connectivity index (χ0n) is 12.2. The lowest BCUT2D eigenvalue weighted by molar-refractivity contribution is -0.119. The number of nitrogens with one attached hydrogen (secondary N) is 1. The number of benzene rings is 1. The minimum Gasteiger partial charge on any atom is -0.356 e. The number of hydrogen-bond donors (Lipinski definition) is 1. The SMILES string of the molecule is CCN(CC1CNC(=O)C1)C(C)Cc1ccccc1Cl. The van der Waals surface area contributed by atoms with E-state index >= 15 is 0 Å². The molecule has 1 aromatic carbocycles. The maximum atomic E-state index is 11.3. The topological polar surface area (TPSA) is 32.3 Å². The highest BCUT2D eigenvalue weighted by atomic mass is 35.5. The summed E-state index contributed by atoms with van der Waals surface area (Å²) < 4.78 is 0. The molecule has 20 heavy (non-hydrogen) atoms. The van der Waals surface area contributed by atoms with Gasteiger partial charge in [0.15, 0.2) is 0 Å². The molecule has 1 fully saturated rings. The molecular weight excluding hydrogens is 272 g/mol. The maximum absolute atomic E-state index is 11.3. The van der Waals surface area contributed by atoms with Crippen molar-refractivity contribution in [3.8, 4) is 0 Å². The minimum absolute atomic E-state index is 0.185. The van der Waals surface area contributed by atoms with Crippen LogP contribution in [0.2, 0.25) is 5.02 Å². The molecule has 2 rings (SSSR count). The first kappa shape index (κ1) is 15.3. The second kappa shape index (κ2) is 7.09. The van der Waals surface area contributed by atoms with Crippen molar-refractivity contribution in [3.05, 3.63) is 34.9 Å². The van der Waals surface area contributed by atoms with Gasteiger partial charge in [0.25, 0.3) is 0 Å². The van der Waals surface area contributed by atoms with Gasteiger partial charge in [-0.25, -0.2) is 0 Å². The minimum atomic E-state index is 0.185. The Labute approximate surface area is 126 Å². The van der Waals surface area contributed by atoms with E-state index in [0.29, 0.717) is 18.4 Å². The molecule has 110 valence electrons. The van der Waals surface area contributed by atoms with Gasteiger partial charge in [-0.05, 0) is 37.4 Å². The summed E-state index contributed by atoms with van der Waals surface area (Å²) in [5.74, 6) is 0.626. The van der Waals surface area contributed by atoms with Gasteiger partial charge >= 0.3 is 0 Å². The Hall–Kier alpha value is -1.06. The molecule has 0 aromatic heterocycles. The Morgan fingerprint density at radius 1 is 1.45 bits per heavy atom. The molecule has 3 nitrogen and oxygen atoms in total. The summed E-state index contributed by atoms with van der Waals surface area (Å²) in [7, 11) is 0. The summed E-state index contributed by atoms with van der Waals surface area (Å²) in [4.78, 5) is 13.7. The third-order valence-electron chi connectivity index (χ3n) is 4.06. The number of rotatable bonds is 6. The van der Waals surface area contributed by atoms with Gasteiger partial charge in [0, 0.05) is 30.6 Å². The summed E-state index contributed by atoms with van der Waals surface area (Å²) in [6.45, 7) is 7.19. The Bertz CT molecular complexity index is 464. The molecule has 1 saturated heterocycles. The molecule has 1 amide bonds. The summed E-state index contributed by atoms with van der Waals surface area (Å²) in [5.41, 5.74) is 1.20. The third kappa shape index (κ3) is 3.97. The molecule has 0 saturated carbocycles. The highest BCUT2D eigenvalue weighted by molar-refractivity contribution is 6.31. The van der Waals surface area contributed by atoms with Gasteiger partial charge in [0.05, 0.1) is 0 Å². The van der Waals surface area contributed by atoms with Crippen molar-refractivity contribution in [2.24, 2.45) is 5.92 Å². The first-order valence-corrected chi connectivity index (χ1v) is 7.72. The van der Waals surface area contributed by atoms with E-state index in [-0.39, 0.29) is 5.91 Å². The summed E-state index contributed by atoms with van der Waals surface area (Å²) in [5, 5.41) is 3.75. The molecule has 1 N–H and O–H groups in total. The fourth-order valence-corrected chi connectivity index (χ4v) is 3.07. The first-order chi connectivity index (χ1) is 9.60. The Morgan fingerprint density at radius 3 is 2.80 bits per heavy atom. The van der Waals surface area contributed by atoms with Crippen LogP contribution in [0.1, 0.15) is 25.8 Å². The molecule has 0 bridgehead atoms. The highest BCUT2D eigenvalue weighted by Gasteiger charge is 2.25. The Kier molecular flexibility index (Phi) is 5.44. The smallest absolute Gasteiger partial charge is 0.220 e. The van der Waals surface area contributed by atoms with Crippen LogP contribution >= 0.6 is 11.6 Å². The zero-order valence-corrected chi connectivity index (χ0v) is 13.0. The van der Waals surface area contributed by atoms with E-state index in [2.05, 4.69) is 30.1 Å². The molecule has 1 aliphatic heterocycles. The number of halogens is 1. The van der Waals surface area contributed by atoms with Crippen LogP contribution in [0, 0.1) is 5.92 Å². The highest BCUT2D eigenvalue weighted by Crippen LogP contribution is 2.20. The summed E-state index contributed by atoms with van der Waals surface area (Å²) >= 11 is 6.23. The van der Waals surface area contributed by atoms with Crippen LogP contribution in [-0.4, -0.2) is 36.5 Å². The predicted molar refractivity (Wildman–Crippen MR) is 83.0 cm³/mol. The summed E-state index contributed by atoms with van der Waals surface area (Å²) in [6.07, 6.45) is 1.61.